The summed E-state index contributed by atoms with van der Waals surface area (Å²) in [5, 5.41) is 15.2. The molecule has 2 N–H and O–H groups in total. The molecule has 3 heterocycles. The highest BCUT2D eigenvalue weighted by Crippen LogP contribution is 2.33. The lowest BCUT2D eigenvalue weighted by atomic mass is 10.0. The number of benzene rings is 1. The standard InChI is InChI=1S/C20H27N5O2S/c1-27-17-9-6-5-7-14(17)11-25-12-15(23-24-25)8-3-2-4-10-18-19-16(13-28-18)21-20(26)22-19/h5-7,9,12,16,18-19H,2-4,8,10-11,13H2,1H3,(H2,21,22,26)/t16-,18-,19-/m0/s1. The summed E-state index contributed by atoms with van der Waals surface area (Å²) in [4.78, 5) is 11.4. The Morgan fingerprint density at radius 1 is 1.25 bits per heavy atom. The lowest BCUT2D eigenvalue weighted by molar-refractivity contribution is 0.247. The molecule has 1 aromatic carbocycles. The van der Waals surface area contributed by atoms with Gasteiger partial charge in [-0.25, -0.2) is 9.48 Å². The van der Waals surface area contributed by atoms with Gasteiger partial charge in [0.1, 0.15) is 5.75 Å². The molecular formula is C20H27N5O2S. The number of rotatable bonds is 9. The molecule has 28 heavy (non-hydrogen) atoms. The van der Waals surface area contributed by atoms with Crippen molar-refractivity contribution in [1.82, 2.24) is 25.6 Å². The van der Waals surface area contributed by atoms with Crippen LogP contribution in [0.15, 0.2) is 30.5 Å². The zero-order valence-electron chi connectivity index (χ0n) is 16.1. The van der Waals surface area contributed by atoms with E-state index in [1.807, 2.05) is 46.9 Å². The molecule has 0 spiro atoms. The van der Waals surface area contributed by atoms with Crippen molar-refractivity contribution in [3.8, 4) is 5.75 Å². The van der Waals surface area contributed by atoms with Crippen LogP contribution >= 0.6 is 11.8 Å². The molecule has 2 aromatic rings. The summed E-state index contributed by atoms with van der Waals surface area (Å²) in [6, 6.07) is 8.62. The summed E-state index contributed by atoms with van der Waals surface area (Å²) in [6.45, 7) is 0.665. The van der Waals surface area contributed by atoms with Gasteiger partial charge in [0.05, 0.1) is 31.4 Å². The van der Waals surface area contributed by atoms with Crippen molar-refractivity contribution in [1.29, 1.82) is 0 Å². The number of carbonyl (C=O) groups excluding carboxylic acids is 1. The topological polar surface area (TPSA) is 81.1 Å². The van der Waals surface area contributed by atoms with Gasteiger partial charge in [-0.1, -0.05) is 36.3 Å². The van der Waals surface area contributed by atoms with Crippen LogP contribution in [-0.4, -0.2) is 51.2 Å². The van der Waals surface area contributed by atoms with E-state index in [0.717, 1.165) is 42.0 Å². The number of carbonyl (C=O) groups is 1. The molecule has 2 amide bonds. The molecule has 2 fully saturated rings. The number of methoxy groups -OCH3 is 1. The average Bonchev–Trinajstić information content (AvgIpc) is 3.39. The number of unbranched alkanes of at least 4 members (excludes halogenated alkanes) is 2. The van der Waals surface area contributed by atoms with E-state index in [0.29, 0.717) is 23.9 Å². The number of nitrogens with one attached hydrogen (secondary N) is 2. The summed E-state index contributed by atoms with van der Waals surface area (Å²) in [5.41, 5.74) is 2.14. The van der Waals surface area contributed by atoms with Crippen LogP contribution < -0.4 is 15.4 Å². The van der Waals surface area contributed by atoms with Gasteiger partial charge in [-0.05, 0) is 25.3 Å². The van der Waals surface area contributed by atoms with Crippen LogP contribution in [0.2, 0.25) is 0 Å². The smallest absolute Gasteiger partial charge is 0.315 e. The Labute approximate surface area is 169 Å². The van der Waals surface area contributed by atoms with E-state index in [-0.39, 0.29) is 6.03 Å². The first kappa shape index (κ1) is 19.1. The zero-order valence-corrected chi connectivity index (χ0v) is 17.0. The highest BCUT2D eigenvalue weighted by Gasteiger charge is 2.42. The molecule has 0 saturated carbocycles. The molecule has 2 aliphatic rings. The van der Waals surface area contributed by atoms with Crippen LogP contribution in [0, 0.1) is 0 Å². The van der Waals surface area contributed by atoms with Gasteiger partial charge in [0.2, 0.25) is 0 Å². The van der Waals surface area contributed by atoms with E-state index in [9.17, 15) is 4.79 Å². The maximum atomic E-state index is 11.4. The molecule has 0 unspecified atom stereocenters. The number of ether oxygens (including phenoxy) is 1. The highest BCUT2D eigenvalue weighted by atomic mass is 32.2. The van der Waals surface area contributed by atoms with E-state index in [4.69, 9.17) is 4.74 Å². The molecule has 4 rings (SSSR count). The third kappa shape index (κ3) is 4.43. The van der Waals surface area contributed by atoms with Crippen LogP contribution in [0.5, 0.6) is 5.75 Å². The third-order valence-corrected chi connectivity index (χ3v) is 6.98. The van der Waals surface area contributed by atoms with Crippen LogP contribution in [-0.2, 0) is 13.0 Å². The summed E-state index contributed by atoms with van der Waals surface area (Å²) < 4.78 is 7.27. The summed E-state index contributed by atoms with van der Waals surface area (Å²) >= 11 is 1.98. The average molecular weight is 402 g/mol. The van der Waals surface area contributed by atoms with Crippen molar-refractivity contribution in [2.75, 3.05) is 12.9 Å². The number of para-hydroxylation sites is 1. The number of thioether (sulfide) groups is 1. The third-order valence-electron chi connectivity index (χ3n) is 5.47. The fraction of sp³-hybridized carbons (Fsp3) is 0.550. The first-order valence-corrected chi connectivity index (χ1v) is 11.0. The monoisotopic (exact) mass is 401 g/mol. The predicted molar refractivity (Wildman–Crippen MR) is 110 cm³/mol. The number of hydrogen-bond acceptors (Lipinski definition) is 5. The largest absolute Gasteiger partial charge is 0.496 e. The minimum Gasteiger partial charge on any atom is -0.496 e. The number of amides is 2. The van der Waals surface area contributed by atoms with Crippen LogP contribution in [0.25, 0.3) is 0 Å². The second kappa shape index (κ2) is 8.86. The highest BCUT2D eigenvalue weighted by molar-refractivity contribution is 8.00. The molecule has 0 aliphatic carbocycles. The number of urea groups is 1. The van der Waals surface area contributed by atoms with Gasteiger partial charge < -0.3 is 15.4 Å². The van der Waals surface area contributed by atoms with E-state index in [2.05, 4.69) is 20.9 Å². The van der Waals surface area contributed by atoms with Gasteiger partial charge in [-0.15, -0.1) is 5.10 Å². The van der Waals surface area contributed by atoms with Gasteiger partial charge in [0.25, 0.3) is 0 Å². The van der Waals surface area contributed by atoms with Crippen LogP contribution in [0.4, 0.5) is 4.79 Å². The van der Waals surface area contributed by atoms with Crippen LogP contribution in [0.1, 0.15) is 36.9 Å². The van der Waals surface area contributed by atoms with E-state index >= 15 is 0 Å². The maximum absolute atomic E-state index is 11.4. The number of hydrogen-bond donors (Lipinski definition) is 2. The number of fused-ring (bicyclic) bond motifs is 1. The first-order valence-electron chi connectivity index (χ1n) is 9.92. The molecule has 150 valence electrons. The summed E-state index contributed by atoms with van der Waals surface area (Å²) in [7, 11) is 1.69. The molecule has 0 bridgehead atoms. The maximum Gasteiger partial charge on any atom is 0.315 e. The van der Waals surface area contributed by atoms with Crippen LogP contribution in [0.3, 0.4) is 0 Å². The second-order valence-corrected chi connectivity index (χ2v) is 8.71. The molecule has 7 nitrogen and oxygen atoms in total. The Morgan fingerprint density at radius 3 is 3.04 bits per heavy atom. The summed E-state index contributed by atoms with van der Waals surface area (Å²) in [6.07, 6.45) is 7.62. The Hall–Kier alpha value is -2.22. The van der Waals surface area contributed by atoms with Crippen molar-refractivity contribution in [3.63, 3.8) is 0 Å². The first-order chi connectivity index (χ1) is 13.7. The van der Waals surface area contributed by atoms with Gasteiger partial charge in [0.15, 0.2) is 0 Å². The Morgan fingerprint density at radius 2 is 2.14 bits per heavy atom. The molecule has 8 heteroatoms. The van der Waals surface area contributed by atoms with E-state index in [1.165, 1.54) is 12.8 Å². The number of aromatic nitrogens is 3. The van der Waals surface area contributed by atoms with Crippen molar-refractivity contribution in [3.05, 3.63) is 41.7 Å². The fourth-order valence-corrected chi connectivity index (χ4v) is 5.55. The van der Waals surface area contributed by atoms with Crippen molar-refractivity contribution in [2.45, 2.75) is 56.0 Å². The number of aryl methyl sites for hydroxylation is 1. The molecule has 1 aromatic heterocycles. The minimum atomic E-state index is -0.00323. The second-order valence-electron chi connectivity index (χ2n) is 7.44. The van der Waals surface area contributed by atoms with Gasteiger partial charge in [-0.2, -0.15) is 11.8 Å². The lowest BCUT2D eigenvalue weighted by Crippen LogP contribution is -2.36. The summed E-state index contributed by atoms with van der Waals surface area (Å²) in [5.74, 6) is 1.91. The van der Waals surface area contributed by atoms with E-state index in [1.54, 1.807) is 7.11 Å². The predicted octanol–water partition coefficient (Wildman–Crippen LogP) is 2.60. The Kier molecular flexibility index (Phi) is 6.04. The normalized spacial score (nSPS) is 23.3. The minimum absolute atomic E-state index is 0.00323. The Balaban J connectivity index is 1.18. The van der Waals surface area contributed by atoms with Crippen molar-refractivity contribution >= 4 is 17.8 Å². The number of nitrogens with zero attached hydrogens (tertiary/aromatic N) is 3. The molecular weight excluding hydrogens is 374 g/mol. The molecule has 2 aliphatic heterocycles. The molecule has 2 saturated heterocycles. The SMILES string of the molecule is COc1ccccc1Cn1cc(CCCCC[C@@H]2SC[C@@H]3NC(=O)N[C@@H]32)nn1. The Bertz CT molecular complexity index is 811. The zero-order chi connectivity index (χ0) is 19.3. The lowest BCUT2D eigenvalue weighted by Gasteiger charge is -2.16. The molecule has 0 radical (unpaired) electrons. The van der Waals surface area contributed by atoms with Gasteiger partial charge >= 0.3 is 6.03 Å². The van der Waals surface area contributed by atoms with Crippen molar-refractivity contribution in [2.24, 2.45) is 0 Å². The van der Waals surface area contributed by atoms with Gasteiger partial charge in [0, 0.05) is 22.8 Å². The quantitative estimate of drug-likeness (QED) is 0.499. The fourth-order valence-electron chi connectivity index (χ4n) is 4.01. The van der Waals surface area contributed by atoms with Crippen molar-refractivity contribution < 1.29 is 9.53 Å². The van der Waals surface area contributed by atoms with E-state index < -0.39 is 0 Å². The van der Waals surface area contributed by atoms with Gasteiger partial charge in [-0.3, -0.25) is 0 Å². The molecule has 3 atom stereocenters.